The molecule has 0 heterocycles. The number of hydrogen-bond acceptors (Lipinski definition) is 1. The Morgan fingerprint density at radius 1 is 1.14 bits per heavy atom. The Labute approximate surface area is 121 Å². The molecule has 21 heavy (non-hydrogen) atoms. The minimum Gasteiger partial charge on any atom is -0.294 e. The fraction of sp³-hybridized carbons (Fsp3) is 0.562. The molecular formula is C16H18F4O. The third-order valence-corrected chi connectivity index (χ3v) is 4.53. The lowest BCUT2D eigenvalue weighted by Crippen LogP contribution is -2.27. The highest BCUT2D eigenvalue weighted by molar-refractivity contribution is 5.98. The van der Waals surface area contributed by atoms with Crippen LogP contribution in [0.4, 0.5) is 17.6 Å². The van der Waals surface area contributed by atoms with E-state index in [4.69, 9.17) is 0 Å². The second-order valence-corrected chi connectivity index (χ2v) is 6.02. The summed E-state index contributed by atoms with van der Waals surface area (Å²) >= 11 is 0. The van der Waals surface area contributed by atoms with E-state index in [1.54, 1.807) is 0 Å². The van der Waals surface area contributed by atoms with Gasteiger partial charge in [0, 0.05) is 5.92 Å². The van der Waals surface area contributed by atoms with Crippen LogP contribution < -0.4 is 0 Å². The average molecular weight is 302 g/mol. The number of rotatable bonds is 2. The zero-order valence-corrected chi connectivity index (χ0v) is 12.0. The smallest absolute Gasteiger partial charge is 0.294 e. The van der Waals surface area contributed by atoms with Gasteiger partial charge in [-0.2, -0.15) is 13.2 Å². The lowest BCUT2D eigenvalue weighted by atomic mass is 9.73. The summed E-state index contributed by atoms with van der Waals surface area (Å²) in [7, 11) is 0. The van der Waals surface area contributed by atoms with E-state index in [0.29, 0.717) is 36.8 Å². The van der Waals surface area contributed by atoms with Crippen molar-refractivity contribution in [1.29, 1.82) is 0 Å². The molecule has 1 nitrogen and oxygen atoms in total. The van der Waals surface area contributed by atoms with Gasteiger partial charge in [-0.25, -0.2) is 4.39 Å². The van der Waals surface area contributed by atoms with Gasteiger partial charge in [-0.3, -0.25) is 4.79 Å². The van der Waals surface area contributed by atoms with Crippen LogP contribution in [0.2, 0.25) is 0 Å². The molecular weight excluding hydrogens is 284 g/mol. The molecule has 3 atom stereocenters. The van der Waals surface area contributed by atoms with Gasteiger partial charge in [0.1, 0.15) is 5.82 Å². The summed E-state index contributed by atoms with van der Waals surface area (Å²) < 4.78 is 51.8. The first-order valence-corrected chi connectivity index (χ1v) is 7.11. The van der Waals surface area contributed by atoms with E-state index in [1.807, 2.05) is 6.92 Å². The predicted octanol–water partition coefficient (Wildman–Crippen LogP) is 5.10. The van der Waals surface area contributed by atoms with Gasteiger partial charge in [0.15, 0.2) is 5.78 Å². The lowest BCUT2D eigenvalue weighted by molar-refractivity contribution is -0.137. The molecule has 0 amide bonds. The third kappa shape index (κ3) is 3.44. The van der Waals surface area contributed by atoms with Crippen LogP contribution in [0.15, 0.2) is 18.2 Å². The van der Waals surface area contributed by atoms with Crippen LogP contribution in [0.1, 0.15) is 49.0 Å². The van der Waals surface area contributed by atoms with Gasteiger partial charge in [-0.15, -0.1) is 0 Å². The van der Waals surface area contributed by atoms with Crippen molar-refractivity contribution in [3.63, 3.8) is 0 Å². The Bertz CT molecular complexity index is 536. The highest BCUT2D eigenvalue weighted by Crippen LogP contribution is 2.36. The van der Waals surface area contributed by atoms with E-state index in [0.717, 1.165) is 12.5 Å². The van der Waals surface area contributed by atoms with Crippen LogP contribution >= 0.6 is 0 Å². The van der Waals surface area contributed by atoms with Crippen LogP contribution in [-0.4, -0.2) is 5.78 Å². The molecule has 1 aliphatic carbocycles. The number of benzene rings is 1. The molecule has 1 saturated carbocycles. The van der Waals surface area contributed by atoms with Gasteiger partial charge in [0.05, 0.1) is 11.1 Å². The Kier molecular flexibility index (Phi) is 4.40. The van der Waals surface area contributed by atoms with Crippen LogP contribution in [0.25, 0.3) is 0 Å². The summed E-state index contributed by atoms with van der Waals surface area (Å²) in [6.45, 7) is 4.11. The molecule has 0 spiro atoms. The Morgan fingerprint density at radius 3 is 2.38 bits per heavy atom. The molecule has 0 aliphatic heterocycles. The van der Waals surface area contributed by atoms with E-state index >= 15 is 0 Å². The summed E-state index contributed by atoms with van der Waals surface area (Å²) in [5.41, 5.74) is -1.42. The Hall–Kier alpha value is -1.39. The maximum atomic E-state index is 13.7. The maximum absolute atomic E-state index is 13.7. The molecule has 2 rings (SSSR count). The first kappa shape index (κ1) is 16.0. The van der Waals surface area contributed by atoms with E-state index < -0.39 is 28.9 Å². The normalized spacial score (nSPS) is 26.7. The molecule has 116 valence electrons. The number of halogens is 4. The molecule has 0 N–H and O–H groups in total. The summed E-state index contributed by atoms with van der Waals surface area (Å²) in [5, 5.41) is 0. The first-order chi connectivity index (χ1) is 9.70. The molecule has 0 bridgehead atoms. The fourth-order valence-corrected chi connectivity index (χ4v) is 2.90. The number of Topliss-reactive ketones (excluding diaryl/α,β-unsaturated/α-hetero) is 1. The molecule has 5 heteroatoms. The van der Waals surface area contributed by atoms with Gasteiger partial charge < -0.3 is 0 Å². The largest absolute Gasteiger partial charge is 0.416 e. The zero-order valence-electron chi connectivity index (χ0n) is 12.0. The summed E-state index contributed by atoms with van der Waals surface area (Å²) in [5.74, 6) is -0.951. The average Bonchev–Trinajstić information content (AvgIpc) is 2.40. The lowest BCUT2D eigenvalue weighted by Gasteiger charge is -2.31. The molecule has 3 unspecified atom stereocenters. The monoisotopic (exact) mass is 302 g/mol. The molecule has 1 aromatic rings. The second kappa shape index (κ2) is 5.78. The fourth-order valence-electron chi connectivity index (χ4n) is 2.90. The van der Waals surface area contributed by atoms with Crippen molar-refractivity contribution in [1.82, 2.24) is 0 Å². The molecule has 0 saturated heterocycles. The van der Waals surface area contributed by atoms with Gasteiger partial charge in [0.25, 0.3) is 0 Å². The van der Waals surface area contributed by atoms with E-state index in [1.165, 1.54) is 0 Å². The van der Waals surface area contributed by atoms with Crippen LogP contribution in [-0.2, 0) is 6.18 Å². The standard InChI is InChI=1S/C16H18F4O/c1-9-3-4-11(7-10(9)2)15(21)13-8-12(16(18,19)20)5-6-14(13)17/h5-6,8-11H,3-4,7H2,1-2H3. The number of hydrogen-bond donors (Lipinski definition) is 0. The van der Waals surface area contributed by atoms with Crippen molar-refractivity contribution in [2.45, 2.75) is 39.3 Å². The van der Waals surface area contributed by atoms with Crippen molar-refractivity contribution in [3.05, 3.63) is 35.1 Å². The van der Waals surface area contributed by atoms with Gasteiger partial charge in [-0.05, 0) is 49.3 Å². The van der Waals surface area contributed by atoms with Gasteiger partial charge in [0.2, 0.25) is 0 Å². The minimum absolute atomic E-state index is 0.321. The molecule has 1 aliphatic rings. The number of carbonyl (C=O) groups excluding carboxylic acids is 1. The van der Waals surface area contributed by atoms with Crippen LogP contribution in [0.5, 0.6) is 0 Å². The highest BCUT2D eigenvalue weighted by Gasteiger charge is 2.34. The van der Waals surface area contributed by atoms with Gasteiger partial charge >= 0.3 is 6.18 Å². The van der Waals surface area contributed by atoms with Gasteiger partial charge in [-0.1, -0.05) is 13.8 Å². The van der Waals surface area contributed by atoms with Crippen LogP contribution in [0, 0.1) is 23.6 Å². The minimum atomic E-state index is -4.57. The first-order valence-electron chi connectivity index (χ1n) is 7.11. The summed E-state index contributed by atoms with van der Waals surface area (Å²) in [6, 6.07) is 2.03. The number of ketones is 1. The Balaban J connectivity index is 2.27. The SMILES string of the molecule is CC1CCC(C(=O)c2cc(C(F)(F)F)ccc2F)CC1C. The highest BCUT2D eigenvalue weighted by atomic mass is 19.4. The number of alkyl halides is 3. The second-order valence-electron chi connectivity index (χ2n) is 6.02. The quantitative estimate of drug-likeness (QED) is 0.548. The summed E-state index contributed by atoms with van der Waals surface area (Å²) in [4.78, 5) is 12.3. The van der Waals surface area contributed by atoms with Crippen molar-refractivity contribution in [3.8, 4) is 0 Å². The summed E-state index contributed by atoms with van der Waals surface area (Å²) in [6.07, 6.45) is -2.51. The van der Waals surface area contributed by atoms with Crippen molar-refractivity contribution < 1.29 is 22.4 Å². The Morgan fingerprint density at radius 2 is 1.81 bits per heavy atom. The molecule has 1 fully saturated rings. The van der Waals surface area contributed by atoms with Crippen molar-refractivity contribution in [2.75, 3.05) is 0 Å². The zero-order chi connectivity index (χ0) is 15.8. The van der Waals surface area contributed by atoms with E-state index in [-0.39, 0.29) is 5.92 Å². The maximum Gasteiger partial charge on any atom is 0.416 e. The van der Waals surface area contributed by atoms with Crippen molar-refractivity contribution in [2.24, 2.45) is 17.8 Å². The topological polar surface area (TPSA) is 17.1 Å². The number of carbonyl (C=O) groups is 1. The van der Waals surface area contributed by atoms with Crippen LogP contribution in [0.3, 0.4) is 0 Å². The van der Waals surface area contributed by atoms with Crippen molar-refractivity contribution >= 4 is 5.78 Å². The van der Waals surface area contributed by atoms with E-state index in [9.17, 15) is 22.4 Å². The molecule has 1 aromatic carbocycles. The van der Waals surface area contributed by atoms with E-state index in [2.05, 4.69) is 6.92 Å². The third-order valence-electron chi connectivity index (χ3n) is 4.53. The predicted molar refractivity (Wildman–Crippen MR) is 71.4 cm³/mol. The molecule has 0 radical (unpaired) electrons. The molecule has 0 aromatic heterocycles.